The van der Waals surface area contributed by atoms with Crippen molar-refractivity contribution in [2.24, 2.45) is 0 Å². The molecule has 0 aromatic heterocycles. The minimum absolute atomic E-state index is 0.256. The van der Waals surface area contributed by atoms with Crippen LogP contribution in [0.1, 0.15) is 15.9 Å². The molecular weight excluding hydrogens is 283 g/mol. The lowest BCUT2D eigenvalue weighted by Gasteiger charge is -2.31. The van der Waals surface area contributed by atoms with E-state index in [1.165, 1.54) is 12.1 Å². The lowest BCUT2D eigenvalue weighted by atomic mass is 10.1. The normalized spacial score (nSPS) is 16.6. The Morgan fingerprint density at radius 3 is 2.29 bits per heavy atom. The molecule has 1 aromatic carbocycles. The molecule has 4 nitrogen and oxygen atoms in total. The van der Waals surface area contributed by atoms with Gasteiger partial charge in [0.2, 0.25) is 0 Å². The molecule has 21 heavy (non-hydrogen) atoms. The molecule has 1 aliphatic heterocycles. The average molecular weight is 298 g/mol. The number of amides is 1. The largest absolute Gasteiger partial charge is 0.416 e. The molecule has 1 heterocycles. The molecule has 7 heteroatoms. The van der Waals surface area contributed by atoms with Crippen molar-refractivity contribution in [1.82, 2.24) is 4.90 Å². The topological polar surface area (TPSA) is 48.5 Å². The minimum Gasteiger partial charge on any atom is -0.327 e. The summed E-state index contributed by atoms with van der Waals surface area (Å²) in [5.74, 6) is -0.264. The van der Waals surface area contributed by atoms with Gasteiger partial charge in [-0.25, -0.2) is 0 Å². The molecule has 1 aliphatic rings. The zero-order valence-electron chi connectivity index (χ0n) is 11.3. The van der Waals surface area contributed by atoms with E-state index in [0.717, 1.165) is 17.0 Å². The maximum absolute atomic E-state index is 12.5. The van der Waals surface area contributed by atoms with Crippen LogP contribution in [0.5, 0.6) is 0 Å². The second-order valence-electron chi connectivity index (χ2n) is 4.95. The highest BCUT2D eigenvalue weighted by Gasteiger charge is 2.31. The van der Waals surface area contributed by atoms with E-state index in [-0.39, 0.29) is 11.5 Å². The van der Waals surface area contributed by atoms with Crippen molar-refractivity contribution < 1.29 is 22.9 Å². The van der Waals surface area contributed by atoms with E-state index in [1.54, 1.807) is 4.90 Å². The van der Waals surface area contributed by atoms with E-state index in [9.17, 15) is 18.0 Å². The van der Waals surface area contributed by atoms with Gasteiger partial charge < -0.3 is 9.80 Å². The summed E-state index contributed by atoms with van der Waals surface area (Å²) in [5, 5.41) is 8.62. The number of nitriles is 1. The van der Waals surface area contributed by atoms with Crippen LogP contribution in [0.15, 0.2) is 24.3 Å². The molecule has 0 unspecified atom stereocenters. The Labute approximate surface area is 120 Å². The van der Waals surface area contributed by atoms with Crippen molar-refractivity contribution in [2.75, 3.05) is 32.7 Å². The molecule has 0 radical (unpaired) electrons. The molecule has 1 saturated heterocycles. The molecule has 2 rings (SSSR count). The Hall–Kier alpha value is -2.07. The molecular formula is C14H15F3N3O+. The van der Waals surface area contributed by atoms with Gasteiger partial charge in [0.1, 0.15) is 6.07 Å². The standard InChI is InChI=1S/C14H14F3N3O/c15-14(16,17)12-3-1-11(2-4-12)13(21)20-9-7-19(6-5-18)8-10-20/h1-4H,6-10H2/p+1. The summed E-state index contributed by atoms with van der Waals surface area (Å²) in [5.41, 5.74) is -0.505. The predicted octanol–water partition coefficient (Wildman–Crippen LogP) is 0.570. The smallest absolute Gasteiger partial charge is 0.327 e. The SMILES string of the molecule is N#CC[NH+]1CCN(C(=O)c2ccc(C(F)(F)F)cc2)CC1. The Morgan fingerprint density at radius 2 is 1.81 bits per heavy atom. The highest BCUT2D eigenvalue weighted by atomic mass is 19.4. The first kappa shape index (κ1) is 15.3. The minimum atomic E-state index is -4.39. The molecule has 0 aliphatic carbocycles. The molecule has 0 bridgehead atoms. The van der Waals surface area contributed by atoms with E-state index in [4.69, 9.17) is 5.26 Å². The van der Waals surface area contributed by atoms with E-state index in [1.807, 2.05) is 0 Å². The fourth-order valence-corrected chi connectivity index (χ4v) is 2.30. The zero-order valence-corrected chi connectivity index (χ0v) is 11.3. The molecule has 0 atom stereocenters. The summed E-state index contributed by atoms with van der Waals surface area (Å²) in [6, 6.07) is 6.34. The summed E-state index contributed by atoms with van der Waals surface area (Å²) in [6.45, 7) is 2.79. The van der Waals surface area contributed by atoms with E-state index >= 15 is 0 Å². The third-order valence-corrected chi connectivity index (χ3v) is 3.55. The van der Waals surface area contributed by atoms with E-state index < -0.39 is 11.7 Å². The summed E-state index contributed by atoms with van der Waals surface area (Å²) in [6.07, 6.45) is -4.39. The number of piperazine rings is 1. The number of quaternary nitrogens is 1. The van der Waals surface area contributed by atoms with Crippen molar-refractivity contribution in [3.05, 3.63) is 35.4 Å². The van der Waals surface area contributed by atoms with Gasteiger partial charge in [-0.2, -0.15) is 18.4 Å². The number of carbonyl (C=O) groups is 1. The summed E-state index contributed by atoms with van der Waals surface area (Å²) in [7, 11) is 0. The maximum Gasteiger partial charge on any atom is 0.416 e. The first-order chi connectivity index (χ1) is 9.91. The van der Waals surface area contributed by atoms with Crippen LogP contribution in [0.3, 0.4) is 0 Å². The second-order valence-corrected chi connectivity index (χ2v) is 4.95. The highest BCUT2D eigenvalue weighted by Crippen LogP contribution is 2.29. The first-order valence-electron chi connectivity index (χ1n) is 6.59. The van der Waals surface area contributed by atoms with Gasteiger partial charge in [0.05, 0.1) is 31.7 Å². The molecule has 0 saturated carbocycles. The number of hydrogen-bond acceptors (Lipinski definition) is 2. The number of carbonyl (C=O) groups excluding carboxylic acids is 1. The van der Waals surface area contributed by atoms with Crippen LogP contribution in [0.2, 0.25) is 0 Å². The Kier molecular flexibility index (Phi) is 4.48. The van der Waals surface area contributed by atoms with Crippen molar-refractivity contribution in [1.29, 1.82) is 5.26 Å². The number of alkyl halides is 3. The Bertz CT molecular complexity index is 540. The summed E-state index contributed by atoms with van der Waals surface area (Å²) >= 11 is 0. The number of nitrogens with zero attached hydrogens (tertiary/aromatic N) is 2. The van der Waals surface area contributed by atoms with Gasteiger partial charge >= 0.3 is 6.18 Å². The van der Waals surface area contributed by atoms with Crippen LogP contribution in [-0.4, -0.2) is 43.5 Å². The van der Waals surface area contributed by atoms with E-state index in [0.29, 0.717) is 32.7 Å². The fourth-order valence-electron chi connectivity index (χ4n) is 2.30. The van der Waals surface area contributed by atoms with Crippen molar-refractivity contribution in [3.63, 3.8) is 0 Å². The maximum atomic E-state index is 12.5. The van der Waals surface area contributed by atoms with Gasteiger partial charge in [-0.1, -0.05) is 0 Å². The first-order valence-corrected chi connectivity index (χ1v) is 6.59. The number of halogens is 3. The Balaban J connectivity index is 2.00. The van der Waals surface area contributed by atoms with Crippen LogP contribution in [0.4, 0.5) is 13.2 Å². The van der Waals surface area contributed by atoms with Crippen molar-refractivity contribution in [2.45, 2.75) is 6.18 Å². The van der Waals surface area contributed by atoms with Gasteiger partial charge in [-0.15, -0.1) is 0 Å². The van der Waals surface area contributed by atoms with Crippen LogP contribution < -0.4 is 4.90 Å². The number of hydrogen-bond donors (Lipinski definition) is 1. The van der Waals surface area contributed by atoms with Gasteiger partial charge in [0.15, 0.2) is 6.54 Å². The Morgan fingerprint density at radius 1 is 1.24 bits per heavy atom. The van der Waals surface area contributed by atoms with Gasteiger partial charge in [-0.3, -0.25) is 4.79 Å². The summed E-state index contributed by atoms with van der Waals surface area (Å²) < 4.78 is 37.4. The monoisotopic (exact) mass is 298 g/mol. The number of benzene rings is 1. The fraction of sp³-hybridized carbons (Fsp3) is 0.429. The third-order valence-electron chi connectivity index (χ3n) is 3.55. The lowest BCUT2D eigenvalue weighted by molar-refractivity contribution is -0.896. The highest BCUT2D eigenvalue weighted by molar-refractivity contribution is 5.94. The molecule has 1 fully saturated rings. The zero-order chi connectivity index (χ0) is 15.5. The lowest BCUT2D eigenvalue weighted by Crippen LogP contribution is -3.14. The molecule has 0 spiro atoms. The van der Waals surface area contributed by atoms with Gasteiger partial charge in [0.25, 0.3) is 5.91 Å². The average Bonchev–Trinajstić information content (AvgIpc) is 2.47. The van der Waals surface area contributed by atoms with Crippen LogP contribution in [0, 0.1) is 11.3 Å². The van der Waals surface area contributed by atoms with E-state index in [2.05, 4.69) is 6.07 Å². The predicted molar refractivity (Wildman–Crippen MR) is 68.5 cm³/mol. The molecule has 1 N–H and O–H groups in total. The second kappa shape index (κ2) is 6.14. The molecule has 112 valence electrons. The quantitative estimate of drug-likeness (QED) is 0.812. The third kappa shape index (κ3) is 3.73. The molecule has 1 aromatic rings. The number of rotatable bonds is 2. The molecule has 1 amide bonds. The number of nitrogens with one attached hydrogen (secondary N) is 1. The van der Waals surface area contributed by atoms with Crippen molar-refractivity contribution >= 4 is 5.91 Å². The van der Waals surface area contributed by atoms with Crippen molar-refractivity contribution in [3.8, 4) is 6.07 Å². The summed E-state index contributed by atoms with van der Waals surface area (Å²) in [4.78, 5) is 14.9. The van der Waals surface area contributed by atoms with Gasteiger partial charge in [-0.05, 0) is 24.3 Å². The van der Waals surface area contributed by atoms with Crippen LogP contribution in [0.25, 0.3) is 0 Å². The van der Waals surface area contributed by atoms with Gasteiger partial charge in [0, 0.05) is 5.56 Å². The van der Waals surface area contributed by atoms with Crippen LogP contribution >= 0.6 is 0 Å². The van der Waals surface area contributed by atoms with Crippen LogP contribution in [-0.2, 0) is 6.18 Å².